The summed E-state index contributed by atoms with van der Waals surface area (Å²) in [4.78, 5) is 27.8. The Labute approximate surface area is 152 Å². The minimum atomic E-state index is -0.865. The predicted molar refractivity (Wildman–Crippen MR) is 97.6 cm³/mol. The van der Waals surface area contributed by atoms with Gasteiger partial charge in [-0.15, -0.1) is 11.3 Å². The summed E-state index contributed by atoms with van der Waals surface area (Å²) in [5.74, 6) is -1.31. The molecule has 0 saturated carbocycles. The van der Waals surface area contributed by atoms with E-state index in [-0.39, 0.29) is 24.3 Å². The van der Waals surface area contributed by atoms with E-state index in [9.17, 15) is 14.7 Å². The van der Waals surface area contributed by atoms with Crippen LogP contribution in [0.15, 0.2) is 36.4 Å². The Morgan fingerprint density at radius 3 is 2.88 bits per heavy atom. The molecule has 0 spiro atoms. The van der Waals surface area contributed by atoms with Crippen molar-refractivity contribution >= 4 is 45.0 Å². The Bertz CT molecular complexity index is 946. The summed E-state index contributed by atoms with van der Waals surface area (Å²) in [6.45, 7) is 0. The Kier molecular flexibility index (Phi) is 4.01. The number of amides is 1. The Balaban J connectivity index is 1.57. The van der Waals surface area contributed by atoms with Crippen LogP contribution in [-0.4, -0.2) is 28.0 Å². The second kappa shape index (κ2) is 6.20. The zero-order valence-electron chi connectivity index (χ0n) is 13.1. The number of H-pyrrole nitrogens is 1. The molecular weight excluding hydrogens is 360 g/mol. The summed E-state index contributed by atoms with van der Waals surface area (Å²) in [5, 5.41) is 13.1. The van der Waals surface area contributed by atoms with Crippen LogP contribution in [0.1, 0.15) is 34.0 Å². The number of halogens is 1. The van der Waals surface area contributed by atoms with Crippen molar-refractivity contribution in [1.29, 1.82) is 0 Å². The zero-order chi connectivity index (χ0) is 17.6. The first kappa shape index (κ1) is 16.2. The molecule has 0 fully saturated rings. The molecule has 1 aliphatic rings. The summed E-state index contributed by atoms with van der Waals surface area (Å²) in [5.41, 5.74) is 2.57. The highest BCUT2D eigenvalue weighted by atomic mass is 35.5. The molecule has 0 aliphatic heterocycles. The molecule has 2 heterocycles. The van der Waals surface area contributed by atoms with Gasteiger partial charge in [0.25, 0.3) is 5.91 Å². The van der Waals surface area contributed by atoms with Gasteiger partial charge in [-0.3, -0.25) is 9.59 Å². The fraction of sp³-hybridized carbons (Fsp3) is 0.222. The SMILES string of the molecule is O=C(O)C[C@@H]1c2ccccc2C[C@H]1NC(=O)c1cc2cc(Cl)sc2[nH]1. The third kappa shape index (κ3) is 3.03. The first-order valence-corrected chi connectivity index (χ1v) is 9.09. The Morgan fingerprint density at radius 1 is 1.32 bits per heavy atom. The molecule has 2 aromatic heterocycles. The zero-order valence-corrected chi connectivity index (χ0v) is 14.7. The fourth-order valence-corrected chi connectivity index (χ4v) is 4.66. The van der Waals surface area contributed by atoms with Crippen molar-refractivity contribution in [2.45, 2.75) is 24.8 Å². The van der Waals surface area contributed by atoms with E-state index in [1.54, 1.807) is 6.07 Å². The van der Waals surface area contributed by atoms with Gasteiger partial charge >= 0.3 is 5.97 Å². The molecule has 7 heteroatoms. The highest BCUT2D eigenvalue weighted by molar-refractivity contribution is 7.22. The van der Waals surface area contributed by atoms with Crippen LogP contribution in [0.2, 0.25) is 4.34 Å². The first-order valence-electron chi connectivity index (χ1n) is 7.90. The van der Waals surface area contributed by atoms with Crippen LogP contribution in [0.3, 0.4) is 0 Å². The average molecular weight is 375 g/mol. The lowest BCUT2D eigenvalue weighted by Gasteiger charge is -2.20. The lowest BCUT2D eigenvalue weighted by Crippen LogP contribution is -2.38. The van der Waals surface area contributed by atoms with Crippen LogP contribution in [0.5, 0.6) is 0 Å². The number of fused-ring (bicyclic) bond motifs is 2. The number of aliphatic carboxylic acids is 1. The molecule has 3 aromatic rings. The van der Waals surface area contributed by atoms with Crippen LogP contribution >= 0.6 is 22.9 Å². The molecule has 25 heavy (non-hydrogen) atoms. The third-order valence-electron chi connectivity index (χ3n) is 4.61. The van der Waals surface area contributed by atoms with Crippen molar-refractivity contribution in [2.24, 2.45) is 0 Å². The quantitative estimate of drug-likeness (QED) is 0.649. The second-order valence-corrected chi connectivity index (χ2v) is 7.89. The molecule has 0 bridgehead atoms. The van der Waals surface area contributed by atoms with E-state index in [4.69, 9.17) is 11.6 Å². The molecular formula is C18H15ClN2O3S. The van der Waals surface area contributed by atoms with Gasteiger partial charge in [-0.05, 0) is 29.7 Å². The normalized spacial score (nSPS) is 19.1. The van der Waals surface area contributed by atoms with Gasteiger partial charge in [0.1, 0.15) is 10.5 Å². The Hall–Kier alpha value is -2.31. The maximum atomic E-state index is 12.6. The molecule has 2 atom stereocenters. The highest BCUT2D eigenvalue weighted by Crippen LogP contribution is 2.36. The smallest absolute Gasteiger partial charge is 0.304 e. The van der Waals surface area contributed by atoms with Gasteiger partial charge in [-0.25, -0.2) is 0 Å². The number of aromatic amines is 1. The number of carboxylic acids is 1. The van der Waals surface area contributed by atoms with Crippen molar-refractivity contribution in [3.05, 3.63) is 57.6 Å². The number of carbonyl (C=O) groups excluding carboxylic acids is 1. The number of carbonyl (C=O) groups is 2. The number of thiophene rings is 1. The molecule has 128 valence electrons. The van der Waals surface area contributed by atoms with Crippen LogP contribution in [0.25, 0.3) is 10.2 Å². The molecule has 5 nitrogen and oxygen atoms in total. The lowest BCUT2D eigenvalue weighted by atomic mass is 9.94. The van der Waals surface area contributed by atoms with Crippen LogP contribution in [0.4, 0.5) is 0 Å². The molecule has 3 N–H and O–H groups in total. The Morgan fingerprint density at radius 2 is 2.12 bits per heavy atom. The van der Waals surface area contributed by atoms with E-state index in [1.165, 1.54) is 11.3 Å². The molecule has 0 saturated heterocycles. The number of hydrogen-bond donors (Lipinski definition) is 3. The monoisotopic (exact) mass is 374 g/mol. The number of rotatable bonds is 4. The number of aromatic nitrogens is 1. The minimum absolute atomic E-state index is 0.00260. The number of nitrogens with one attached hydrogen (secondary N) is 2. The van der Waals surface area contributed by atoms with Crippen molar-refractivity contribution in [3.8, 4) is 0 Å². The predicted octanol–water partition coefficient (Wildman–Crippen LogP) is 3.80. The van der Waals surface area contributed by atoms with Gasteiger partial charge in [-0.1, -0.05) is 35.9 Å². The first-order chi connectivity index (χ1) is 12.0. The fourth-order valence-electron chi connectivity index (χ4n) is 3.53. The van der Waals surface area contributed by atoms with Crippen molar-refractivity contribution in [1.82, 2.24) is 10.3 Å². The lowest BCUT2D eigenvalue weighted by molar-refractivity contribution is -0.137. The van der Waals surface area contributed by atoms with E-state index in [0.29, 0.717) is 16.5 Å². The van der Waals surface area contributed by atoms with Crippen molar-refractivity contribution < 1.29 is 14.7 Å². The van der Waals surface area contributed by atoms with Crippen LogP contribution < -0.4 is 5.32 Å². The van der Waals surface area contributed by atoms with Gasteiger partial charge < -0.3 is 15.4 Å². The molecule has 0 radical (unpaired) electrons. The van der Waals surface area contributed by atoms with E-state index >= 15 is 0 Å². The summed E-state index contributed by atoms with van der Waals surface area (Å²) in [6, 6.07) is 11.1. The molecule has 4 rings (SSSR count). The number of carboxylic acid groups (broad SMARTS) is 1. The van der Waals surface area contributed by atoms with E-state index in [2.05, 4.69) is 10.3 Å². The van der Waals surface area contributed by atoms with Gasteiger partial charge in [0.2, 0.25) is 0 Å². The largest absolute Gasteiger partial charge is 0.481 e. The maximum Gasteiger partial charge on any atom is 0.304 e. The van der Waals surface area contributed by atoms with Gasteiger partial charge in [0, 0.05) is 17.3 Å². The molecule has 1 amide bonds. The molecule has 1 aliphatic carbocycles. The highest BCUT2D eigenvalue weighted by Gasteiger charge is 2.35. The average Bonchev–Trinajstić information content (AvgIpc) is 3.19. The molecule has 1 aromatic carbocycles. The van der Waals surface area contributed by atoms with Crippen molar-refractivity contribution in [2.75, 3.05) is 0 Å². The summed E-state index contributed by atoms with van der Waals surface area (Å²) >= 11 is 7.34. The number of hydrogen-bond acceptors (Lipinski definition) is 3. The summed E-state index contributed by atoms with van der Waals surface area (Å²) < 4.78 is 0.668. The van der Waals surface area contributed by atoms with Gasteiger partial charge in [-0.2, -0.15) is 0 Å². The third-order valence-corrected chi connectivity index (χ3v) is 5.81. The van der Waals surface area contributed by atoms with E-state index in [1.807, 2.05) is 30.3 Å². The van der Waals surface area contributed by atoms with E-state index in [0.717, 1.165) is 21.3 Å². The topological polar surface area (TPSA) is 82.2 Å². The van der Waals surface area contributed by atoms with Crippen LogP contribution in [0, 0.1) is 0 Å². The molecule has 0 unspecified atom stereocenters. The second-order valence-electron chi connectivity index (χ2n) is 6.21. The standard InChI is InChI=1S/C18H15ClN2O3S/c19-15-7-10-6-14(21-18(10)25-15)17(24)20-13-5-9-3-1-2-4-11(9)12(13)8-16(22)23/h1-4,6-7,12-13,21H,5,8H2,(H,20,24)(H,22,23)/t12-,13-/m1/s1. The van der Waals surface area contributed by atoms with Gasteiger partial charge in [0.15, 0.2) is 0 Å². The summed E-state index contributed by atoms with van der Waals surface area (Å²) in [6.07, 6.45) is 0.637. The van der Waals surface area contributed by atoms with Crippen LogP contribution in [-0.2, 0) is 11.2 Å². The summed E-state index contributed by atoms with van der Waals surface area (Å²) in [7, 11) is 0. The van der Waals surface area contributed by atoms with Gasteiger partial charge in [0.05, 0.1) is 10.8 Å². The maximum absolute atomic E-state index is 12.6. The van der Waals surface area contributed by atoms with E-state index < -0.39 is 5.97 Å². The minimum Gasteiger partial charge on any atom is -0.481 e. The number of benzene rings is 1. The van der Waals surface area contributed by atoms with Crippen molar-refractivity contribution in [3.63, 3.8) is 0 Å².